The van der Waals surface area contributed by atoms with Crippen molar-refractivity contribution in [3.63, 3.8) is 0 Å². The molecular formula is C10H12F2N2O3. The zero-order chi connectivity index (χ0) is 13.0. The summed E-state index contributed by atoms with van der Waals surface area (Å²) in [5.74, 6) is -1.21. The van der Waals surface area contributed by atoms with Gasteiger partial charge in [0.15, 0.2) is 0 Å². The van der Waals surface area contributed by atoms with Gasteiger partial charge in [-0.2, -0.15) is 0 Å². The molecule has 0 spiro atoms. The Morgan fingerprint density at radius 3 is 2.71 bits per heavy atom. The molecule has 94 valence electrons. The van der Waals surface area contributed by atoms with Crippen LogP contribution in [0.25, 0.3) is 0 Å². The van der Waals surface area contributed by atoms with Gasteiger partial charge in [-0.25, -0.2) is 13.8 Å². The standard InChI is InChI=1S/C10H12F2N2O3/c1-17-10-7(4-13)6(9(11)12)2-5(14-10)3-8(15)16/h2,9H,3-4,13H2,1H3,(H,15,16). The van der Waals surface area contributed by atoms with Gasteiger partial charge in [0.2, 0.25) is 5.88 Å². The molecule has 1 rings (SSSR count). The number of hydrogen-bond donors (Lipinski definition) is 2. The van der Waals surface area contributed by atoms with Crippen LogP contribution in [-0.4, -0.2) is 23.2 Å². The third kappa shape index (κ3) is 3.10. The number of carboxylic acid groups (broad SMARTS) is 1. The first-order valence-corrected chi connectivity index (χ1v) is 4.76. The second-order valence-corrected chi connectivity index (χ2v) is 3.27. The van der Waals surface area contributed by atoms with Gasteiger partial charge >= 0.3 is 5.97 Å². The number of hydrogen-bond acceptors (Lipinski definition) is 4. The van der Waals surface area contributed by atoms with E-state index in [0.29, 0.717) is 0 Å². The molecule has 1 aromatic heterocycles. The molecule has 0 bridgehead atoms. The maximum Gasteiger partial charge on any atom is 0.309 e. The summed E-state index contributed by atoms with van der Waals surface area (Å²) >= 11 is 0. The fourth-order valence-corrected chi connectivity index (χ4v) is 1.43. The highest BCUT2D eigenvalue weighted by Gasteiger charge is 2.19. The summed E-state index contributed by atoms with van der Waals surface area (Å²) in [6, 6.07) is 1.05. The molecule has 5 nitrogen and oxygen atoms in total. The predicted molar refractivity (Wildman–Crippen MR) is 55.0 cm³/mol. The molecule has 1 aromatic rings. The van der Waals surface area contributed by atoms with Gasteiger partial charge in [-0.15, -0.1) is 0 Å². The number of nitrogens with two attached hydrogens (primary N) is 1. The van der Waals surface area contributed by atoms with Crippen LogP contribution in [0, 0.1) is 0 Å². The van der Waals surface area contributed by atoms with Crippen molar-refractivity contribution < 1.29 is 23.4 Å². The number of carbonyl (C=O) groups is 1. The molecular weight excluding hydrogens is 234 g/mol. The zero-order valence-electron chi connectivity index (χ0n) is 9.11. The normalized spacial score (nSPS) is 10.6. The van der Waals surface area contributed by atoms with E-state index in [0.717, 1.165) is 6.07 Å². The lowest BCUT2D eigenvalue weighted by molar-refractivity contribution is -0.136. The Hall–Kier alpha value is -1.76. The largest absolute Gasteiger partial charge is 0.481 e. The second kappa shape index (κ2) is 5.53. The van der Waals surface area contributed by atoms with Crippen LogP contribution in [0.3, 0.4) is 0 Å². The van der Waals surface area contributed by atoms with Crippen molar-refractivity contribution >= 4 is 5.97 Å². The minimum Gasteiger partial charge on any atom is -0.481 e. The van der Waals surface area contributed by atoms with Gasteiger partial charge < -0.3 is 15.6 Å². The SMILES string of the molecule is COc1nc(CC(=O)O)cc(C(F)F)c1CN. The second-order valence-electron chi connectivity index (χ2n) is 3.27. The molecule has 0 aliphatic rings. The van der Waals surface area contributed by atoms with Crippen LogP contribution < -0.4 is 10.5 Å². The zero-order valence-corrected chi connectivity index (χ0v) is 9.11. The Labute approximate surface area is 96.2 Å². The first-order chi connectivity index (χ1) is 7.99. The number of aromatic nitrogens is 1. The van der Waals surface area contributed by atoms with E-state index in [9.17, 15) is 13.6 Å². The Bertz CT molecular complexity index is 424. The first kappa shape index (κ1) is 13.3. The third-order valence-electron chi connectivity index (χ3n) is 2.14. The highest BCUT2D eigenvalue weighted by molar-refractivity contribution is 5.69. The molecule has 7 heteroatoms. The van der Waals surface area contributed by atoms with E-state index in [1.54, 1.807) is 0 Å². The maximum absolute atomic E-state index is 12.8. The highest BCUT2D eigenvalue weighted by atomic mass is 19.3. The number of carboxylic acids is 1. The number of nitrogens with zero attached hydrogens (tertiary/aromatic N) is 1. The number of ether oxygens (including phenoxy) is 1. The number of alkyl halides is 2. The molecule has 0 saturated heterocycles. The van der Waals surface area contributed by atoms with Crippen LogP contribution in [0.1, 0.15) is 23.2 Å². The van der Waals surface area contributed by atoms with Gasteiger partial charge in [0, 0.05) is 17.7 Å². The lowest BCUT2D eigenvalue weighted by Crippen LogP contribution is -2.10. The van der Waals surface area contributed by atoms with Crippen LogP contribution in [-0.2, 0) is 17.8 Å². The molecule has 0 aliphatic carbocycles. The monoisotopic (exact) mass is 246 g/mol. The summed E-state index contributed by atoms with van der Waals surface area (Å²) < 4.78 is 30.4. The molecule has 0 unspecified atom stereocenters. The van der Waals surface area contributed by atoms with E-state index < -0.39 is 18.8 Å². The lowest BCUT2D eigenvalue weighted by Gasteiger charge is -2.12. The quantitative estimate of drug-likeness (QED) is 0.812. The molecule has 0 fully saturated rings. The van der Waals surface area contributed by atoms with Crippen molar-refractivity contribution in [3.05, 3.63) is 22.9 Å². The summed E-state index contributed by atoms with van der Waals surface area (Å²) in [4.78, 5) is 14.3. The van der Waals surface area contributed by atoms with Crippen molar-refractivity contribution in [1.29, 1.82) is 0 Å². The number of halogens is 2. The summed E-state index contributed by atoms with van der Waals surface area (Å²) in [5, 5.41) is 8.59. The van der Waals surface area contributed by atoms with Crippen LogP contribution in [0.5, 0.6) is 5.88 Å². The minimum absolute atomic E-state index is 0.0156. The average Bonchev–Trinajstić information content (AvgIpc) is 2.26. The van der Waals surface area contributed by atoms with Crippen LogP contribution >= 0.6 is 0 Å². The topological polar surface area (TPSA) is 85.4 Å². The van der Waals surface area contributed by atoms with E-state index in [4.69, 9.17) is 15.6 Å². The highest BCUT2D eigenvalue weighted by Crippen LogP contribution is 2.29. The van der Waals surface area contributed by atoms with Crippen molar-refractivity contribution in [1.82, 2.24) is 4.98 Å². The van der Waals surface area contributed by atoms with Gasteiger partial charge in [0.05, 0.1) is 19.2 Å². The van der Waals surface area contributed by atoms with Crippen LogP contribution in [0.15, 0.2) is 6.07 Å². The van der Waals surface area contributed by atoms with Crippen molar-refractivity contribution in [2.75, 3.05) is 7.11 Å². The van der Waals surface area contributed by atoms with Crippen LogP contribution in [0.2, 0.25) is 0 Å². The molecule has 0 saturated carbocycles. The van der Waals surface area contributed by atoms with E-state index in [1.165, 1.54) is 7.11 Å². The molecule has 0 amide bonds. The summed E-state index contributed by atoms with van der Waals surface area (Å²) in [6.07, 6.45) is -3.20. The fraction of sp³-hybridized carbons (Fsp3) is 0.400. The molecule has 17 heavy (non-hydrogen) atoms. The van der Waals surface area contributed by atoms with Crippen molar-refractivity contribution in [3.8, 4) is 5.88 Å². The van der Waals surface area contributed by atoms with Gasteiger partial charge in [-0.05, 0) is 6.07 Å². The number of aliphatic carboxylic acids is 1. The van der Waals surface area contributed by atoms with E-state index in [2.05, 4.69) is 4.98 Å². The van der Waals surface area contributed by atoms with E-state index in [1.807, 2.05) is 0 Å². The number of pyridine rings is 1. The smallest absolute Gasteiger partial charge is 0.309 e. The van der Waals surface area contributed by atoms with Crippen molar-refractivity contribution in [2.45, 2.75) is 19.4 Å². The predicted octanol–water partition coefficient (Wildman–Crippen LogP) is 1.11. The van der Waals surface area contributed by atoms with Gasteiger partial charge in [0.25, 0.3) is 6.43 Å². The maximum atomic E-state index is 12.8. The van der Waals surface area contributed by atoms with Gasteiger partial charge in [-0.1, -0.05) is 0 Å². The first-order valence-electron chi connectivity index (χ1n) is 4.76. The molecule has 0 aromatic carbocycles. The van der Waals surface area contributed by atoms with Crippen molar-refractivity contribution in [2.24, 2.45) is 5.73 Å². The Kier molecular flexibility index (Phi) is 4.33. The molecule has 0 aliphatic heterocycles. The number of methoxy groups -OCH3 is 1. The van der Waals surface area contributed by atoms with Crippen LogP contribution in [0.4, 0.5) is 8.78 Å². The lowest BCUT2D eigenvalue weighted by atomic mass is 10.1. The molecule has 1 heterocycles. The average molecular weight is 246 g/mol. The summed E-state index contributed by atoms with van der Waals surface area (Å²) in [7, 11) is 1.27. The molecule has 3 N–H and O–H groups in total. The Morgan fingerprint density at radius 1 is 1.65 bits per heavy atom. The summed E-state index contributed by atoms with van der Waals surface area (Å²) in [5.41, 5.74) is 5.12. The van der Waals surface area contributed by atoms with E-state index in [-0.39, 0.29) is 29.2 Å². The third-order valence-corrected chi connectivity index (χ3v) is 2.14. The summed E-state index contributed by atoms with van der Waals surface area (Å²) in [6.45, 7) is -0.150. The van der Waals surface area contributed by atoms with E-state index >= 15 is 0 Å². The fourth-order valence-electron chi connectivity index (χ4n) is 1.43. The van der Waals surface area contributed by atoms with Gasteiger partial charge in [0.1, 0.15) is 0 Å². The Morgan fingerprint density at radius 2 is 2.29 bits per heavy atom. The minimum atomic E-state index is -2.75. The number of rotatable bonds is 5. The molecule has 0 atom stereocenters. The molecule has 0 radical (unpaired) electrons. The Balaban J connectivity index is 3.29. The van der Waals surface area contributed by atoms with Gasteiger partial charge in [-0.3, -0.25) is 4.79 Å².